The fourth-order valence-corrected chi connectivity index (χ4v) is 3.87. The number of benzene rings is 1. The first kappa shape index (κ1) is 20.0. The third kappa shape index (κ3) is 4.06. The average molecular weight is 409 g/mol. The van der Waals surface area contributed by atoms with Crippen molar-refractivity contribution in [3.8, 4) is 0 Å². The highest BCUT2D eigenvalue weighted by atomic mass is 19.1. The number of anilines is 2. The monoisotopic (exact) mass is 409 g/mol. The Kier molecular flexibility index (Phi) is 5.44. The molecule has 3 fully saturated rings. The predicted octanol–water partition coefficient (Wildman–Crippen LogP) is 1.31. The topological polar surface area (TPSA) is 71.1 Å². The molecule has 1 unspecified atom stereocenters. The molecule has 7 nitrogen and oxygen atoms in total. The zero-order chi connectivity index (χ0) is 20.6. The van der Waals surface area contributed by atoms with E-state index in [0.29, 0.717) is 32.7 Å². The van der Waals surface area contributed by atoms with Gasteiger partial charge in [0.15, 0.2) is 11.6 Å². The smallest absolute Gasteiger partial charge is 0.223 e. The maximum atomic E-state index is 14.7. The number of amides is 2. The lowest BCUT2D eigenvalue weighted by atomic mass is 9.77. The van der Waals surface area contributed by atoms with Crippen molar-refractivity contribution in [2.24, 2.45) is 11.3 Å². The van der Waals surface area contributed by atoms with Crippen molar-refractivity contribution in [2.45, 2.75) is 18.9 Å². The molecule has 0 aromatic heterocycles. The zero-order valence-corrected chi connectivity index (χ0v) is 16.3. The van der Waals surface area contributed by atoms with E-state index in [1.807, 2.05) is 0 Å². The van der Waals surface area contributed by atoms with E-state index in [1.54, 1.807) is 4.90 Å². The van der Waals surface area contributed by atoms with Crippen LogP contribution in [-0.2, 0) is 19.1 Å². The van der Waals surface area contributed by atoms with E-state index in [9.17, 15) is 18.4 Å². The van der Waals surface area contributed by atoms with Crippen molar-refractivity contribution in [1.29, 1.82) is 0 Å². The maximum Gasteiger partial charge on any atom is 0.223 e. The number of nitrogens with zero attached hydrogens (tertiary/aromatic N) is 2. The van der Waals surface area contributed by atoms with Crippen LogP contribution in [0.2, 0.25) is 0 Å². The maximum absolute atomic E-state index is 14.7. The summed E-state index contributed by atoms with van der Waals surface area (Å²) in [6.45, 7) is 2.65. The SMILES string of the molecule is COC(CNC(=O)C1CC1)CN(C=O)c1cc(F)c(N2CC3(COC3)C2)c(F)c1. The summed E-state index contributed by atoms with van der Waals surface area (Å²) in [5.74, 6) is -1.39. The van der Waals surface area contributed by atoms with Gasteiger partial charge < -0.3 is 24.6 Å². The molecule has 1 saturated carbocycles. The molecule has 1 aromatic rings. The summed E-state index contributed by atoms with van der Waals surface area (Å²) in [5, 5.41) is 2.79. The fourth-order valence-electron chi connectivity index (χ4n) is 3.87. The van der Waals surface area contributed by atoms with Crippen LogP contribution in [0.25, 0.3) is 0 Å². The van der Waals surface area contributed by atoms with Crippen LogP contribution in [0.3, 0.4) is 0 Å². The van der Waals surface area contributed by atoms with Gasteiger partial charge in [0.05, 0.1) is 31.3 Å². The molecule has 1 aliphatic carbocycles. The second-order valence-corrected chi connectivity index (χ2v) is 8.24. The van der Waals surface area contributed by atoms with Gasteiger partial charge in [0, 0.05) is 38.3 Å². The summed E-state index contributed by atoms with van der Waals surface area (Å²) in [6.07, 6.45) is 1.79. The molecule has 1 aromatic carbocycles. The second-order valence-electron chi connectivity index (χ2n) is 8.24. The Hall–Kier alpha value is -2.26. The number of nitrogens with one attached hydrogen (secondary N) is 1. The Morgan fingerprint density at radius 1 is 1.38 bits per heavy atom. The molecule has 1 N–H and O–H groups in total. The molecule has 0 bridgehead atoms. The Morgan fingerprint density at radius 2 is 2.03 bits per heavy atom. The molecule has 29 heavy (non-hydrogen) atoms. The number of halogens is 2. The zero-order valence-electron chi connectivity index (χ0n) is 16.3. The van der Waals surface area contributed by atoms with Crippen molar-refractivity contribution in [1.82, 2.24) is 5.32 Å². The number of hydrogen-bond donors (Lipinski definition) is 1. The van der Waals surface area contributed by atoms with E-state index < -0.39 is 17.7 Å². The highest BCUT2D eigenvalue weighted by molar-refractivity contribution is 5.81. The van der Waals surface area contributed by atoms with Gasteiger partial charge in [0.1, 0.15) is 5.69 Å². The molecule has 1 spiro atoms. The second kappa shape index (κ2) is 7.87. The van der Waals surface area contributed by atoms with Gasteiger partial charge in [-0.15, -0.1) is 0 Å². The van der Waals surface area contributed by atoms with Crippen LogP contribution in [-0.4, -0.2) is 64.9 Å². The summed E-state index contributed by atoms with van der Waals surface area (Å²) in [7, 11) is 1.46. The van der Waals surface area contributed by atoms with Gasteiger partial charge in [-0.1, -0.05) is 0 Å². The summed E-state index contributed by atoms with van der Waals surface area (Å²) in [4.78, 5) is 26.2. The average Bonchev–Trinajstić information content (AvgIpc) is 3.46. The molecular weight excluding hydrogens is 384 g/mol. The lowest BCUT2D eigenvalue weighted by Crippen LogP contribution is -2.66. The van der Waals surface area contributed by atoms with Crippen LogP contribution in [0.1, 0.15) is 12.8 Å². The molecule has 2 aliphatic heterocycles. The van der Waals surface area contributed by atoms with Crippen LogP contribution in [0.5, 0.6) is 0 Å². The lowest BCUT2D eigenvalue weighted by Gasteiger charge is -2.56. The fraction of sp³-hybridized carbons (Fsp3) is 0.600. The van der Waals surface area contributed by atoms with Gasteiger partial charge in [-0.25, -0.2) is 8.78 Å². The number of hydrogen-bond acceptors (Lipinski definition) is 5. The van der Waals surface area contributed by atoms with E-state index in [-0.39, 0.29) is 41.7 Å². The Labute approximate surface area is 167 Å². The number of ether oxygens (including phenoxy) is 2. The summed E-state index contributed by atoms with van der Waals surface area (Å²) in [6, 6.07) is 2.31. The van der Waals surface area contributed by atoms with E-state index in [2.05, 4.69) is 5.32 Å². The van der Waals surface area contributed by atoms with Crippen LogP contribution >= 0.6 is 0 Å². The largest absolute Gasteiger partial charge is 0.380 e. The van der Waals surface area contributed by atoms with Gasteiger partial charge in [0.2, 0.25) is 12.3 Å². The molecule has 2 saturated heterocycles. The van der Waals surface area contributed by atoms with Crippen molar-refractivity contribution in [3.63, 3.8) is 0 Å². The number of methoxy groups -OCH3 is 1. The van der Waals surface area contributed by atoms with E-state index in [4.69, 9.17) is 9.47 Å². The minimum Gasteiger partial charge on any atom is -0.380 e. The highest BCUT2D eigenvalue weighted by Gasteiger charge is 2.50. The van der Waals surface area contributed by atoms with Gasteiger partial charge in [-0.3, -0.25) is 9.59 Å². The number of rotatable bonds is 9. The van der Waals surface area contributed by atoms with Crippen LogP contribution in [0.15, 0.2) is 12.1 Å². The molecule has 9 heteroatoms. The first-order chi connectivity index (χ1) is 13.9. The lowest BCUT2D eigenvalue weighted by molar-refractivity contribution is -0.127. The predicted molar refractivity (Wildman–Crippen MR) is 102 cm³/mol. The van der Waals surface area contributed by atoms with Gasteiger partial charge in [-0.2, -0.15) is 0 Å². The van der Waals surface area contributed by atoms with E-state index >= 15 is 0 Å². The minimum atomic E-state index is -0.710. The number of carbonyl (C=O) groups excluding carboxylic acids is 2. The molecule has 4 rings (SSSR count). The standard InChI is InChI=1S/C20H25F2N3O4/c1-28-15(6-23-19(27)13-2-3-13)7-24(12-26)14-4-16(21)18(17(22)5-14)25-8-20(9-25)10-29-11-20/h4-5,12-13,15H,2-3,6-11H2,1H3,(H,23,27). The third-order valence-electron chi connectivity index (χ3n) is 5.83. The molecular formula is C20H25F2N3O4. The summed E-state index contributed by atoms with van der Waals surface area (Å²) in [5.41, 5.74) is 0.0665. The van der Waals surface area contributed by atoms with Crippen molar-refractivity contribution >= 4 is 23.7 Å². The van der Waals surface area contributed by atoms with Gasteiger partial charge in [-0.05, 0) is 25.0 Å². The van der Waals surface area contributed by atoms with Crippen LogP contribution in [0, 0.1) is 23.0 Å². The molecule has 2 amide bonds. The minimum absolute atomic E-state index is 0.0307. The summed E-state index contributed by atoms with van der Waals surface area (Å²) >= 11 is 0. The molecule has 0 radical (unpaired) electrons. The van der Waals surface area contributed by atoms with E-state index in [1.165, 1.54) is 12.0 Å². The molecule has 158 valence electrons. The molecule has 3 aliphatic rings. The Morgan fingerprint density at radius 3 is 2.52 bits per heavy atom. The van der Waals surface area contributed by atoms with Crippen LogP contribution in [0.4, 0.5) is 20.2 Å². The highest BCUT2D eigenvalue weighted by Crippen LogP contribution is 2.42. The Balaban J connectivity index is 1.41. The Bertz CT molecular complexity index is 767. The normalized spacial score (nSPS) is 20.6. The van der Waals surface area contributed by atoms with Crippen molar-refractivity contribution < 1.29 is 27.8 Å². The molecule has 2 heterocycles. The van der Waals surface area contributed by atoms with Crippen LogP contribution < -0.4 is 15.1 Å². The third-order valence-corrected chi connectivity index (χ3v) is 5.83. The van der Waals surface area contributed by atoms with Crippen molar-refractivity contribution in [2.75, 3.05) is 56.3 Å². The van der Waals surface area contributed by atoms with Crippen molar-refractivity contribution in [3.05, 3.63) is 23.8 Å². The van der Waals surface area contributed by atoms with E-state index in [0.717, 1.165) is 25.0 Å². The first-order valence-electron chi connectivity index (χ1n) is 9.79. The molecule has 1 atom stereocenters. The van der Waals surface area contributed by atoms with Gasteiger partial charge >= 0.3 is 0 Å². The summed E-state index contributed by atoms with van der Waals surface area (Å²) < 4.78 is 39.9. The number of carbonyl (C=O) groups is 2. The quantitative estimate of drug-likeness (QED) is 0.623. The first-order valence-corrected chi connectivity index (χ1v) is 9.79. The van der Waals surface area contributed by atoms with Gasteiger partial charge in [0.25, 0.3) is 0 Å².